The molecule has 0 fully saturated rings. The van der Waals surface area contributed by atoms with Crippen LogP contribution in [-0.4, -0.2) is 9.55 Å². The molecule has 0 aliphatic heterocycles. The molecule has 1 aromatic heterocycles. The molecule has 0 spiro atoms. The van der Waals surface area contributed by atoms with Gasteiger partial charge in [0.1, 0.15) is 11.6 Å². The summed E-state index contributed by atoms with van der Waals surface area (Å²) < 4.78 is 16.6. The van der Waals surface area contributed by atoms with E-state index in [0.29, 0.717) is 0 Å². The molecule has 0 amide bonds. The summed E-state index contributed by atoms with van der Waals surface area (Å²) in [6.07, 6.45) is 0. The van der Waals surface area contributed by atoms with Crippen LogP contribution in [0.2, 0.25) is 0 Å². The number of para-hydroxylation sites is 1. The van der Waals surface area contributed by atoms with Gasteiger partial charge >= 0.3 is 0 Å². The van der Waals surface area contributed by atoms with E-state index in [2.05, 4.69) is 27.6 Å². The van der Waals surface area contributed by atoms with E-state index in [0.717, 1.165) is 26.1 Å². The lowest BCUT2D eigenvalue weighted by atomic mass is 10.2. The maximum absolute atomic E-state index is 13.6. The fourth-order valence-electron chi connectivity index (χ4n) is 2.22. The number of halogens is 3. The molecule has 1 heterocycles. The van der Waals surface area contributed by atoms with E-state index in [-0.39, 0.29) is 11.2 Å². The Hall–Kier alpha value is -1.14. The molecule has 102 valence electrons. The number of hydrogen-bond donors (Lipinski definition) is 0. The minimum atomic E-state index is -0.279. The van der Waals surface area contributed by atoms with Crippen LogP contribution in [0.4, 0.5) is 4.39 Å². The molecule has 3 aromatic rings. The minimum Gasteiger partial charge on any atom is -0.294 e. The van der Waals surface area contributed by atoms with Crippen LogP contribution in [0.25, 0.3) is 16.7 Å². The van der Waals surface area contributed by atoms with Gasteiger partial charge in [0.2, 0.25) is 0 Å². The van der Waals surface area contributed by atoms with Gasteiger partial charge in [-0.1, -0.05) is 12.1 Å². The van der Waals surface area contributed by atoms with Crippen molar-refractivity contribution in [3.8, 4) is 5.69 Å². The molecule has 0 saturated carbocycles. The molecule has 1 atom stereocenters. The summed E-state index contributed by atoms with van der Waals surface area (Å²) in [6, 6.07) is 12.5. The molecule has 0 aliphatic rings. The Morgan fingerprint density at radius 2 is 2.00 bits per heavy atom. The quantitative estimate of drug-likeness (QED) is 0.434. The van der Waals surface area contributed by atoms with Gasteiger partial charge in [-0.2, -0.15) is 0 Å². The third-order valence-corrected chi connectivity index (χ3v) is 4.20. The van der Waals surface area contributed by atoms with Crippen molar-refractivity contribution >= 4 is 45.2 Å². The number of imidazole rings is 1. The van der Waals surface area contributed by atoms with Gasteiger partial charge in [0, 0.05) is 9.64 Å². The first-order valence-electron chi connectivity index (χ1n) is 6.15. The maximum Gasteiger partial charge on any atom is 0.132 e. The van der Waals surface area contributed by atoms with Gasteiger partial charge in [0.25, 0.3) is 0 Å². The number of rotatable bonds is 2. The molecule has 0 bridgehead atoms. The Labute approximate surface area is 134 Å². The average molecular weight is 401 g/mol. The molecule has 5 heteroatoms. The Morgan fingerprint density at radius 1 is 1.25 bits per heavy atom. The zero-order chi connectivity index (χ0) is 14.3. The minimum absolute atomic E-state index is 0.263. The Morgan fingerprint density at radius 3 is 2.70 bits per heavy atom. The Kier molecular flexibility index (Phi) is 3.69. The number of hydrogen-bond acceptors (Lipinski definition) is 1. The summed E-state index contributed by atoms with van der Waals surface area (Å²) in [5, 5.41) is -0.263. The molecular formula is C15H11ClFIN2. The molecular weight excluding hydrogens is 390 g/mol. The second kappa shape index (κ2) is 5.33. The third-order valence-electron chi connectivity index (χ3n) is 3.09. The SMILES string of the molecule is CC(Cl)c1nc2ccc(F)cc2n1-c1ccccc1I. The fraction of sp³-hybridized carbons (Fsp3) is 0.133. The van der Waals surface area contributed by atoms with Crippen molar-refractivity contribution in [2.24, 2.45) is 0 Å². The Balaban J connectivity index is 2.40. The lowest BCUT2D eigenvalue weighted by Gasteiger charge is -2.12. The van der Waals surface area contributed by atoms with Gasteiger partial charge in [-0.3, -0.25) is 4.57 Å². The molecule has 0 saturated heterocycles. The summed E-state index contributed by atoms with van der Waals surface area (Å²) in [5.74, 6) is 0.440. The van der Waals surface area contributed by atoms with Crippen LogP contribution in [0, 0.1) is 9.39 Å². The molecule has 0 aliphatic carbocycles. The predicted molar refractivity (Wildman–Crippen MR) is 88.0 cm³/mol. The first-order chi connectivity index (χ1) is 9.58. The van der Waals surface area contributed by atoms with E-state index in [1.165, 1.54) is 12.1 Å². The smallest absolute Gasteiger partial charge is 0.132 e. The van der Waals surface area contributed by atoms with Crippen LogP contribution in [0.15, 0.2) is 42.5 Å². The summed E-state index contributed by atoms with van der Waals surface area (Å²) in [5.41, 5.74) is 2.44. The summed E-state index contributed by atoms with van der Waals surface area (Å²) in [4.78, 5) is 4.53. The average Bonchev–Trinajstić information content (AvgIpc) is 2.78. The highest BCUT2D eigenvalue weighted by molar-refractivity contribution is 14.1. The van der Waals surface area contributed by atoms with Crippen molar-refractivity contribution in [1.82, 2.24) is 9.55 Å². The normalized spacial score (nSPS) is 12.8. The Bertz CT molecular complexity index is 783. The standard InChI is InChI=1S/C15H11ClFIN2/c1-9(16)15-19-12-7-6-10(17)8-14(12)20(15)13-5-3-2-4-11(13)18/h2-9H,1H3. The van der Waals surface area contributed by atoms with Crippen molar-refractivity contribution in [1.29, 1.82) is 0 Å². The number of nitrogens with zero attached hydrogens (tertiary/aromatic N) is 2. The molecule has 2 aromatic carbocycles. The number of benzene rings is 2. The molecule has 1 unspecified atom stereocenters. The first-order valence-corrected chi connectivity index (χ1v) is 7.66. The van der Waals surface area contributed by atoms with E-state index < -0.39 is 0 Å². The summed E-state index contributed by atoms with van der Waals surface area (Å²) >= 11 is 8.50. The van der Waals surface area contributed by atoms with Crippen molar-refractivity contribution in [2.45, 2.75) is 12.3 Å². The van der Waals surface area contributed by atoms with E-state index in [9.17, 15) is 4.39 Å². The number of alkyl halides is 1. The topological polar surface area (TPSA) is 17.8 Å². The van der Waals surface area contributed by atoms with Gasteiger partial charge < -0.3 is 0 Å². The van der Waals surface area contributed by atoms with E-state index in [4.69, 9.17) is 11.6 Å². The van der Waals surface area contributed by atoms with Crippen LogP contribution >= 0.6 is 34.2 Å². The van der Waals surface area contributed by atoms with E-state index >= 15 is 0 Å². The van der Waals surface area contributed by atoms with Crippen LogP contribution in [0.5, 0.6) is 0 Å². The van der Waals surface area contributed by atoms with Crippen LogP contribution < -0.4 is 0 Å². The molecule has 0 N–H and O–H groups in total. The van der Waals surface area contributed by atoms with Gasteiger partial charge in [0.15, 0.2) is 0 Å². The van der Waals surface area contributed by atoms with Crippen molar-refractivity contribution in [3.63, 3.8) is 0 Å². The third kappa shape index (κ3) is 2.31. The lowest BCUT2D eigenvalue weighted by molar-refractivity contribution is 0.629. The van der Waals surface area contributed by atoms with Crippen molar-refractivity contribution in [3.05, 3.63) is 57.7 Å². The van der Waals surface area contributed by atoms with Gasteiger partial charge in [0.05, 0.1) is 22.1 Å². The number of fused-ring (bicyclic) bond motifs is 1. The first kappa shape index (κ1) is 13.8. The largest absolute Gasteiger partial charge is 0.294 e. The highest BCUT2D eigenvalue weighted by atomic mass is 127. The highest BCUT2D eigenvalue weighted by Gasteiger charge is 2.18. The van der Waals surface area contributed by atoms with Gasteiger partial charge in [-0.15, -0.1) is 11.6 Å². The molecule has 2 nitrogen and oxygen atoms in total. The molecule has 20 heavy (non-hydrogen) atoms. The van der Waals surface area contributed by atoms with Crippen LogP contribution in [0.3, 0.4) is 0 Å². The molecule has 3 rings (SSSR count). The van der Waals surface area contributed by atoms with E-state index in [1.807, 2.05) is 35.8 Å². The maximum atomic E-state index is 13.6. The predicted octanol–water partition coefficient (Wildman–Crippen LogP) is 5.07. The zero-order valence-electron chi connectivity index (χ0n) is 10.6. The van der Waals surface area contributed by atoms with Gasteiger partial charge in [-0.05, 0) is 53.8 Å². The van der Waals surface area contributed by atoms with Crippen LogP contribution in [-0.2, 0) is 0 Å². The van der Waals surface area contributed by atoms with Crippen molar-refractivity contribution in [2.75, 3.05) is 0 Å². The number of aromatic nitrogens is 2. The zero-order valence-corrected chi connectivity index (χ0v) is 13.6. The second-order valence-corrected chi connectivity index (χ2v) is 6.32. The summed E-state index contributed by atoms with van der Waals surface area (Å²) in [6.45, 7) is 1.87. The summed E-state index contributed by atoms with van der Waals surface area (Å²) in [7, 11) is 0. The highest BCUT2D eigenvalue weighted by Crippen LogP contribution is 2.30. The van der Waals surface area contributed by atoms with E-state index in [1.54, 1.807) is 6.07 Å². The van der Waals surface area contributed by atoms with Gasteiger partial charge in [-0.25, -0.2) is 9.37 Å². The monoisotopic (exact) mass is 400 g/mol. The molecule has 0 radical (unpaired) electrons. The van der Waals surface area contributed by atoms with Crippen LogP contribution in [0.1, 0.15) is 18.1 Å². The van der Waals surface area contributed by atoms with Crippen molar-refractivity contribution < 1.29 is 4.39 Å². The lowest BCUT2D eigenvalue weighted by Crippen LogP contribution is -2.03. The fourth-order valence-corrected chi connectivity index (χ4v) is 3.00. The second-order valence-electron chi connectivity index (χ2n) is 4.51.